The maximum absolute atomic E-state index is 13.2. The fourth-order valence-corrected chi connectivity index (χ4v) is 3.55. The molecule has 28 heavy (non-hydrogen) atoms. The SMILES string of the molecule is Cc1cc(C(=O)N2CCNCC2c2nccn2C)ccc1NC(=O)CC(C)C. The van der Waals surface area contributed by atoms with Crippen LogP contribution >= 0.6 is 0 Å². The maximum atomic E-state index is 13.2. The van der Waals surface area contributed by atoms with Gasteiger partial charge in [-0.05, 0) is 36.6 Å². The van der Waals surface area contributed by atoms with E-state index in [1.54, 1.807) is 12.3 Å². The van der Waals surface area contributed by atoms with Crippen molar-refractivity contribution in [1.82, 2.24) is 19.8 Å². The Morgan fingerprint density at radius 1 is 1.36 bits per heavy atom. The van der Waals surface area contributed by atoms with Crippen LogP contribution in [0.25, 0.3) is 0 Å². The van der Waals surface area contributed by atoms with E-state index in [1.165, 1.54) is 0 Å². The molecule has 2 amide bonds. The lowest BCUT2D eigenvalue weighted by atomic mass is 10.1. The van der Waals surface area contributed by atoms with Crippen molar-refractivity contribution in [2.75, 3.05) is 25.0 Å². The van der Waals surface area contributed by atoms with Crippen molar-refractivity contribution in [2.24, 2.45) is 13.0 Å². The fraction of sp³-hybridized carbons (Fsp3) is 0.476. The summed E-state index contributed by atoms with van der Waals surface area (Å²) in [6, 6.07) is 5.36. The Morgan fingerprint density at radius 2 is 2.14 bits per heavy atom. The second kappa shape index (κ2) is 8.56. The van der Waals surface area contributed by atoms with E-state index in [9.17, 15) is 9.59 Å². The molecule has 150 valence electrons. The van der Waals surface area contributed by atoms with Gasteiger partial charge in [-0.3, -0.25) is 9.59 Å². The monoisotopic (exact) mass is 383 g/mol. The molecule has 0 saturated carbocycles. The molecule has 1 aromatic carbocycles. The number of benzene rings is 1. The second-order valence-electron chi connectivity index (χ2n) is 7.79. The van der Waals surface area contributed by atoms with Gasteiger partial charge < -0.3 is 20.1 Å². The largest absolute Gasteiger partial charge is 0.336 e. The Hall–Kier alpha value is -2.67. The van der Waals surface area contributed by atoms with Crippen LogP contribution in [0.1, 0.15) is 48.1 Å². The molecule has 1 saturated heterocycles. The minimum atomic E-state index is -0.105. The zero-order valence-corrected chi connectivity index (χ0v) is 17.0. The summed E-state index contributed by atoms with van der Waals surface area (Å²) in [6.45, 7) is 8.01. The number of aryl methyl sites for hydroxylation is 2. The van der Waals surface area contributed by atoms with E-state index in [2.05, 4.69) is 15.6 Å². The van der Waals surface area contributed by atoms with Crippen LogP contribution < -0.4 is 10.6 Å². The number of anilines is 1. The fourth-order valence-electron chi connectivity index (χ4n) is 3.55. The zero-order valence-electron chi connectivity index (χ0n) is 17.0. The minimum absolute atomic E-state index is 0.00544. The van der Waals surface area contributed by atoms with E-state index in [4.69, 9.17) is 0 Å². The molecule has 1 unspecified atom stereocenters. The number of amides is 2. The second-order valence-corrected chi connectivity index (χ2v) is 7.79. The van der Waals surface area contributed by atoms with Gasteiger partial charge in [-0.1, -0.05) is 13.8 Å². The first-order valence-corrected chi connectivity index (χ1v) is 9.76. The van der Waals surface area contributed by atoms with Crippen molar-refractivity contribution in [1.29, 1.82) is 0 Å². The number of hydrogen-bond acceptors (Lipinski definition) is 4. The summed E-state index contributed by atoms with van der Waals surface area (Å²) in [5.41, 5.74) is 2.26. The molecule has 1 fully saturated rings. The van der Waals surface area contributed by atoms with Gasteiger partial charge in [0.05, 0.1) is 0 Å². The highest BCUT2D eigenvalue weighted by Gasteiger charge is 2.31. The molecule has 2 N–H and O–H groups in total. The molecule has 0 radical (unpaired) electrons. The lowest BCUT2D eigenvalue weighted by Crippen LogP contribution is -2.49. The Bertz CT molecular complexity index is 858. The molecule has 0 bridgehead atoms. The van der Waals surface area contributed by atoms with E-state index in [-0.39, 0.29) is 17.9 Å². The summed E-state index contributed by atoms with van der Waals surface area (Å²) in [4.78, 5) is 31.6. The Morgan fingerprint density at radius 3 is 2.79 bits per heavy atom. The zero-order chi connectivity index (χ0) is 20.3. The van der Waals surface area contributed by atoms with E-state index >= 15 is 0 Å². The minimum Gasteiger partial charge on any atom is -0.336 e. The predicted molar refractivity (Wildman–Crippen MR) is 109 cm³/mol. The molecule has 1 aliphatic rings. The summed E-state index contributed by atoms with van der Waals surface area (Å²) in [6.07, 6.45) is 4.13. The van der Waals surface area contributed by atoms with Crippen LogP contribution in [-0.2, 0) is 11.8 Å². The highest BCUT2D eigenvalue weighted by Crippen LogP contribution is 2.25. The molecule has 7 nitrogen and oxygen atoms in total. The van der Waals surface area contributed by atoms with Gasteiger partial charge >= 0.3 is 0 Å². The predicted octanol–water partition coefficient (Wildman–Crippen LogP) is 2.50. The first-order valence-electron chi connectivity index (χ1n) is 9.76. The van der Waals surface area contributed by atoms with Gasteiger partial charge in [0, 0.05) is 56.7 Å². The van der Waals surface area contributed by atoms with Gasteiger partial charge in [0.2, 0.25) is 5.91 Å². The molecule has 1 atom stereocenters. The lowest BCUT2D eigenvalue weighted by molar-refractivity contribution is -0.116. The maximum Gasteiger partial charge on any atom is 0.254 e. The van der Waals surface area contributed by atoms with E-state index in [0.717, 1.165) is 23.6 Å². The third-order valence-electron chi connectivity index (χ3n) is 5.00. The summed E-state index contributed by atoms with van der Waals surface area (Å²) in [5.74, 6) is 1.15. The van der Waals surface area contributed by atoms with Crippen LogP contribution in [0.15, 0.2) is 30.6 Å². The molecule has 7 heteroatoms. The van der Waals surface area contributed by atoms with Gasteiger partial charge in [-0.15, -0.1) is 0 Å². The molecular formula is C21H29N5O2. The third kappa shape index (κ3) is 4.42. The molecule has 0 spiro atoms. The number of rotatable bonds is 5. The van der Waals surface area contributed by atoms with Crippen molar-refractivity contribution in [3.63, 3.8) is 0 Å². The van der Waals surface area contributed by atoms with Crippen molar-refractivity contribution in [3.05, 3.63) is 47.5 Å². The number of imidazole rings is 1. The number of nitrogens with one attached hydrogen (secondary N) is 2. The lowest BCUT2D eigenvalue weighted by Gasteiger charge is -2.36. The standard InChI is InChI=1S/C21H29N5O2/c1-14(2)11-19(27)24-17-6-5-16(12-15(17)3)21(28)26-10-7-22-13-18(26)20-23-8-9-25(20)4/h5-6,8-9,12,14,18,22H,7,10-11,13H2,1-4H3,(H,24,27). The van der Waals surface area contributed by atoms with Crippen LogP contribution in [-0.4, -0.2) is 45.9 Å². The number of nitrogens with zero attached hydrogens (tertiary/aromatic N) is 3. The first-order chi connectivity index (χ1) is 13.4. The quantitative estimate of drug-likeness (QED) is 0.831. The van der Waals surface area contributed by atoms with Crippen LogP contribution in [0.4, 0.5) is 5.69 Å². The summed E-state index contributed by atoms with van der Waals surface area (Å²) < 4.78 is 1.95. The Labute approximate surface area is 166 Å². The van der Waals surface area contributed by atoms with Gasteiger partial charge in [0.25, 0.3) is 5.91 Å². The van der Waals surface area contributed by atoms with Gasteiger partial charge in [-0.2, -0.15) is 0 Å². The van der Waals surface area contributed by atoms with Crippen molar-refractivity contribution < 1.29 is 9.59 Å². The molecule has 1 aromatic heterocycles. The van der Waals surface area contributed by atoms with E-state index < -0.39 is 0 Å². The number of aromatic nitrogens is 2. The van der Waals surface area contributed by atoms with Crippen molar-refractivity contribution >= 4 is 17.5 Å². The number of carbonyl (C=O) groups is 2. The molecule has 0 aliphatic carbocycles. The summed E-state index contributed by atoms with van der Waals surface area (Å²) >= 11 is 0. The average molecular weight is 383 g/mol. The highest BCUT2D eigenvalue weighted by molar-refractivity contribution is 5.97. The molecule has 1 aliphatic heterocycles. The Kier molecular flexibility index (Phi) is 6.14. The number of carbonyl (C=O) groups excluding carboxylic acids is 2. The topological polar surface area (TPSA) is 79.3 Å². The van der Waals surface area contributed by atoms with Gasteiger partial charge in [-0.25, -0.2) is 4.98 Å². The van der Waals surface area contributed by atoms with Crippen molar-refractivity contribution in [2.45, 2.75) is 33.2 Å². The smallest absolute Gasteiger partial charge is 0.254 e. The van der Waals surface area contributed by atoms with Gasteiger partial charge in [0.1, 0.15) is 11.9 Å². The summed E-state index contributed by atoms with van der Waals surface area (Å²) in [7, 11) is 1.94. The van der Waals surface area contributed by atoms with Crippen LogP contribution in [0.5, 0.6) is 0 Å². The number of hydrogen-bond donors (Lipinski definition) is 2. The number of piperazine rings is 1. The van der Waals surface area contributed by atoms with Gasteiger partial charge in [0.15, 0.2) is 0 Å². The van der Waals surface area contributed by atoms with E-state index in [0.29, 0.717) is 31.0 Å². The molecular weight excluding hydrogens is 354 g/mol. The molecule has 2 aromatic rings. The normalized spacial score (nSPS) is 17.0. The highest BCUT2D eigenvalue weighted by atomic mass is 16.2. The van der Waals surface area contributed by atoms with Crippen LogP contribution in [0.3, 0.4) is 0 Å². The third-order valence-corrected chi connectivity index (χ3v) is 5.00. The summed E-state index contributed by atoms with van der Waals surface area (Å²) in [5, 5.41) is 6.29. The van der Waals surface area contributed by atoms with Crippen LogP contribution in [0.2, 0.25) is 0 Å². The van der Waals surface area contributed by atoms with E-state index in [1.807, 2.05) is 55.6 Å². The van der Waals surface area contributed by atoms with Crippen molar-refractivity contribution in [3.8, 4) is 0 Å². The Balaban J connectivity index is 1.78. The van der Waals surface area contributed by atoms with Crippen LogP contribution in [0, 0.1) is 12.8 Å². The first kappa shape index (κ1) is 20.1. The average Bonchev–Trinajstić information content (AvgIpc) is 3.08. The molecule has 2 heterocycles. The molecule has 3 rings (SSSR count).